The number of benzene rings is 3. The molecule has 1 heterocycles. The van der Waals surface area contributed by atoms with Gasteiger partial charge in [-0.15, -0.1) is 10.2 Å². The first-order valence-electron chi connectivity index (χ1n) is 8.61. The maximum atomic E-state index is 11.9. The summed E-state index contributed by atoms with van der Waals surface area (Å²) in [5, 5.41) is 27.9. The van der Waals surface area contributed by atoms with E-state index in [4.69, 9.17) is 0 Å². The highest BCUT2D eigenvalue weighted by Crippen LogP contribution is 2.45. The van der Waals surface area contributed by atoms with E-state index in [9.17, 15) is 36.2 Å². The monoisotopic (exact) mass is 495 g/mol. The third-order valence-corrected chi connectivity index (χ3v) is 7.05. The number of hydrogen-bond donors (Lipinski definition) is 4. The lowest BCUT2D eigenvalue weighted by atomic mass is 10.1. The second-order valence-electron chi connectivity index (χ2n) is 6.73. The zero-order chi connectivity index (χ0) is 23.4. The second-order valence-corrected chi connectivity index (χ2v) is 10.6. The Labute approximate surface area is 184 Å². The molecule has 0 bridgehead atoms. The Morgan fingerprint density at radius 1 is 0.938 bits per heavy atom. The summed E-state index contributed by atoms with van der Waals surface area (Å²) in [6.07, 6.45) is 0. The zero-order valence-corrected chi connectivity index (χ0v) is 18.4. The van der Waals surface area contributed by atoms with Gasteiger partial charge in [0.2, 0.25) is 5.13 Å². The predicted molar refractivity (Wildman–Crippen MR) is 115 cm³/mol. The van der Waals surface area contributed by atoms with E-state index in [1.54, 1.807) is 6.07 Å². The summed E-state index contributed by atoms with van der Waals surface area (Å²) in [6, 6.07) is 7.75. The van der Waals surface area contributed by atoms with Crippen LogP contribution in [0, 0.1) is 6.92 Å². The summed E-state index contributed by atoms with van der Waals surface area (Å²) < 4.78 is 66.2. The van der Waals surface area contributed by atoms with E-state index in [1.807, 2.05) is 19.1 Å². The van der Waals surface area contributed by atoms with Crippen LogP contribution in [0.25, 0.3) is 21.0 Å². The van der Waals surface area contributed by atoms with E-state index >= 15 is 0 Å². The fourth-order valence-corrected chi connectivity index (χ4v) is 5.12. The minimum Gasteiger partial charge on any atom is -0.507 e. The number of aromatic hydroxyl groups is 2. The number of azo groups is 1. The molecule has 0 unspecified atom stereocenters. The molecule has 11 nitrogen and oxygen atoms in total. The highest BCUT2D eigenvalue weighted by atomic mass is 32.2. The molecular formula is C18H13N3O8S3. The molecule has 0 atom stereocenters. The molecule has 32 heavy (non-hydrogen) atoms. The van der Waals surface area contributed by atoms with Gasteiger partial charge in [0.1, 0.15) is 16.3 Å². The Hall–Kier alpha value is -3.17. The van der Waals surface area contributed by atoms with Crippen molar-refractivity contribution in [2.45, 2.75) is 16.7 Å². The second kappa shape index (κ2) is 7.46. The number of hydrogen-bond acceptors (Lipinski definition) is 10. The van der Waals surface area contributed by atoms with Gasteiger partial charge in [-0.05, 0) is 42.1 Å². The number of aryl methyl sites for hydroxylation is 1. The molecule has 0 saturated heterocycles. The largest absolute Gasteiger partial charge is 0.507 e. The smallest absolute Gasteiger partial charge is 0.296 e. The molecule has 4 N–H and O–H groups in total. The lowest BCUT2D eigenvalue weighted by Crippen LogP contribution is -2.01. The van der Waals surface area contributed by atoms with Crippen molar-refractivity contribution in [3.8, 4) is 11.5 Å². The standard InChI is InChI=1S/C18H13N3O8S3/c1-8-2-3-11-13(4-8)30-18(19-11)21-20-16-14(32(27,28)29)6-9-5-10(31(24,25)26)7-12(22)15(9)17(16)23/h2-7,22-23H,1H3,(H,24,25,26)(H,27,28,29). The SMILES string of the molecule is Cc1ccc2nc(N=Nc3c(S(=O)(=O)O)cc4cc(S(=O)(=O)O)cc(O)c4c3O)sc2c1. The molecule has 0 aliphatic rings. The summed E-state index contributed by atoms with van der Waals surface area (Å²) in [5.41, 5.74) is 0.929. The van der Waals surface area contributed by atoms with Crippen molar-refractivity contribution in [1.82, 2.24) is 4.98 Å². The van der Waals surface area contributed by atoms with Crippen molar-refractivity contribution < 1.29 is 36.2 Å². The Morgan fingerprint density at radius 2 is 1.66 bits per heavy atom. The van der Waals surface area contributed by atoms with Crippen LogP contribution in [0.3, 0.4) is 0 Å². The fourth-order valence-electron chi connectivity index (χ4n) is 3.04. The number of rotatable bonds is 4. The maximum Gasteiger partial charge on any atom is 0.296 e. The molecule has 4 aromatic rings. The minimum atomic E-state index is -4.97. The van der Waals surface area contributed by atoms with Crippen LogP contribution >= 0.6 is 11.3 Å². The maximum absolute atomic E-state index is 11.9. The highest BCUT2D eigenvalue weighted by Gasteiger charge is 2.25. The van der Waals surface area contributed by atoms with Crippen LogP contribution in [-0.4, -0.2) is 41.1 Å². The van der Waals surface area contributed by atoms with Gasteiger partial charge in [0.25, 0.3) is 20.2 Å². The predicted octanol–water partition coefficient (Wildman–Crippen LogP) is 4.08. The number of phenolic OH excluding ortho intramolecular Hbond substituents is 2. The van der Waals surface area contributed by atoms with Crippen molar-refractivity contribution >= 4 is 63.4 Å². The third-order valence-electron chi connectivity index (χ3n) is 4.45. The van der Waals surface area contributed by atoms with E-state index in [2.05, 4.69) is 15.2 Å². The Kier molecular flexibility index (Phi) is 5.14. The van der Waals surface area contributed by atoms with Gasteiger partial charge in [-0.2, -0.15) is 16.8 Å². The molecule has 1 aromatic heterocycles. The van der Waals surface area contributed by atoms with Crippen molar-refractivity contribution in [2.75, 3.05) is 0 Å². The summed E-state index contributed by atoms with van der Waals surface area (Å²) in [4.78, 5) is 2.59. The third kappa shape index (κ3) is 4.01. The molecule has 166 valence electrons. The molecular weight excluding hydrogens is 482 g/mol. The van der Waals surface area contributed by atoms with Gasteiger partial charge in [-0.3, -0.25) is 9.11 Å². The number of nitrogens with zero attached hydrogens (tertiary/aromatic N) is 3. The van der Waals surface area contributed by atoms with Crippen molar-refractivity contribution in [1.29, 1.82) is 0 Å². The molecule has 0 radical (unpaired) electrons. The number of phenols is 2. The fraction of sp³-hybridized carbons (Fsp3) is 0.0556. The highest BCUT2D eigenvalue weighted by molar-refractivity contribution is 7.86. The first-order valence-corrected chi connectivity index (χ1v) is 12.3. The minimum absolute atomic E-state index is 0.136. The quantitative estimate of drug-likeness (QED) is 0.239. The van der Waals surface area contributed by atoms with Crippen LogP contribution in [0.15, 0.2) is 56.4 Å². The van der Waals surface area contributed by atoms with Crippen molar-refractivity contribution in [2.24, 2.45) is 10.2 Å². The summed E-state index contributed by atoms with van der Waals surface area (Å²) in [7, 11) is -9.72. The molecule has 0 aliphatic heterocycles. The summed E-state index contributed by atoms with van der Waals surface area (Å²) >= 11 is 1.15. The molecule has 0 fully saturated rings. The topological polar surface area (TPSA) is 187 Å². The van der Waals surface area contributed by atoms with E-state index < -0.39 is 47.2 Å². The van der Waals surface area contributed by atoms with Gasteiger partial charge in [0, 0.05) is 6.07 Å². The Morgan fingerprint density at radius 3 is 2.31 bits per heavy atom. The number of aromatic nitrogens is 1. The molecule has 0 saturated carbocycles. The van der Waals surface area contributed by atoms with Crippen LogP contribution in [0.1, 0.15) is 5.56 Å². The number of thiazole rings is 1. The lowest BCUT2D eigenvalue weighted by molar-refractivity contribution is 0.457. The van der Waals surface area contributed by atoms with E-state index in [0.717, 1.165) is 33.7 Å². The first-order chi connectivity index (χ1) is 14.8. The Balaban J connectivity index is 1.95. The van der Waals surface area contributed by atoms with E-state index in [1.165, 1.54) is 0 Å². The summed E-state index contributed by atoms with van der Waals surface area (Å²) in [6.45, 7) is 1.89. The lowest BCUT2D eigenvalue weighted by Gasteiger charge is -2.11. The van der Waals surface area contributed by atoms with Crippen LogP contribution < -0.4 is 0 Å². The van der Waals surface area contributed by atoms with Crippen LogP contribution in [0.2, 0.25) is 0 Å². The van der Waals surface area contributed by atoms with Gasteiger partial charge >= 0.3 is 0 Å². The van der Waals surface area contributed by atoms with Crippen molar-refractivity contribution in [3.05, 3.63) is 42.0 Å². The molecule has 0 amide bonds. The zero-order valence-electron chi connectivity index (χ0n) is 16.0. The van der Waals surface area contributed by atoms with E-state index in [-0.39, 0.29) is 15.9 Å². The molecule has 4 rings (SSSR count). The van der Waals surface area contributed by atoms with Gasteiger partial charge in [-0.1, -0.05) is 17.4 Å². The van der Waals surface area contributed by atoms with E-state index in [0.29, 0.717) is 11.6 Å². The average molecular weight is 496 g/mol. The molecule has 14 heteroatoms. The van der Waals surface area contributed by atoms with Gasteiger partial charge in [-0.25, -0.2) is 4.98 Å². The van der Waals surface area contributed by atoms with Gasteiger partial charge in [0.05, 0.1) is 20.5 Å². The van der Waals surface area contributed by atoms with Crippen molar-refractivity contribution in [3.63, 3.8) is 0 Å². The molecule has 0 spiro atoms. The van der Waals surface area contributed by atoms with Crippen LogP contribution in [-0.2, 0) is 20.2 Å². The van der Waals surface area contributed by atoms with Crippen LogP contribution in [0.5, 0.6) is 11.5 Å². The molecule has 3 aromatic carbocycles. The van der Waals surface area contributed by atoms with Crippen LogP contribution in [0.4, 0.5) is 10.8 Å². The normalized spacial score (nSPS) is 12.8. The number of fused-ring (bicyclic) bond motifs is 2. The van der Waals surface area contributed by atoms with Gasteiger partial charge in [0.15, 0.2) is 5.75 Å². The summed E-state index contributed by atoms with van der Waals surface area (Å²) in [5.74, 6) is -1.66. The first kappa shape index (κ1) is 22.0. The molecule has 0 aliphatic carbocycles. The van der Waals surface area contributed by atoms with Gasteiger partial charge < -0.3 is 10.2 Å². The Bertz CT molecular complexity index is 1660. The average Bonchev–Trinajstić information content (AvgIpc) is 3.07.